The molecule has 0 saturated carbocycles. The first kappa shape index (κ1) is 18.7. The molecule has 5 heteroatoms. The van der Waals surface area contributed by atoms with Crippen molar-refractivity contribution in [1.29, 1.82) is 0 Å². The van der Waals surface area contributed by atoms with Gasteiger partial charge in [-0.15, -0.1) is 0 Å². The van der Waals surface area contributed by atoms with E-state index in [0.717, 1.165) is 37.3 Å². The second kappa shape index (κ2) is 8.52. The molecule has 1 N–H and O–H groups in total. The molecule has 140 valence electrons. The number of carbonyl (C=O) groups excluding carboxylic acids is 1. The molecule has 1 aromatic heterocycles. The van der Waals surface area contributed by atoms with Crippen molar-refractivity contribution in [1.82, 2.24) is 15.1 Å². The normalized spacial score (nSPS) is 17.4. The maximum atomic E-state index is 12.7. The van der Waals surface area contributed by atoms with Gasteiger partial charge >= 0.3 is 0 Å². The lowest BCUT2D eigenvalue weighted by molar-refractivity contribution is 0.0777. The van der Waals surface area contributed by atoms with E-state index in [9.17, 15) is 4.79 Å². The minimum Gasteiger partial charge on any atom is -0.459 e. The number of furan rings is 1. The summed E-state index contributed by atoms with van der Waals surface area (Å²) in [6, 6.07) is 12.1. The van der Waals surface area contributed by atoms with Crippen LogP contribution < -0.4 is 5.32 Å². The summed E-state index contributed by atoms with van der Waals surface area (Å²) in [5.41, 5.74) is 1.83. The van der Waals surface area contributed by atoms with Crippen LogP contribution in [0.4, 0.5) is 0 Å². The van der Waals surface area contributed by atoms with Crippen molar-refractivity contribution in [2.75, 3.05) is 39.8 Å². The molecule has 3 rings (SSSR count). The van der Waals surface area contributed by atoms with Crippen LogP contribution in [-0.2, 0) is 0 Å². The van der Waals surface area contributed by atoms with Crippen molar-refractivity contribution in [3.63, 3.8) is 0 Å². The Hall–Kier alpha value is -2.11. The van der Waals surface area contributed by atoms with Crippen molar-refractivity contribution < 1.29 is 9.21 Å². The van der Waals surface area contributed by atoms with Gasteiger partial charge in [0.05, 0.1) is 6.26 Å². The Labute approximate surface area is 156 Å². The lowest BCUT2D eigenvalue weighted by atomic mass is 10.0. The Bertz CT molecular complexity index is 703. The lowest BCUT2D eigenvalue weighted by Gasteiger charge is -2.39. The maximum absolute atomic E-state index is 12.7. The van der Waals surface area contributed by atoms with E-state index in [1.165, 1.54) is 0 Å². The number of carbonyl (C=O) groups is 1. The highest BCUT2D eigenvalue weighted by Crippen LogP contribution is 2.24. The van der Waals surface area contributed by atoms with Gasteiger partial charge in [0.25, 0.3) is 5.91 Å². The van der Waals surface area contributed by atoms with Gasteiger partial charge in [-0.2, -0.15) is 0 Å². The molecule has 0 spiro atoms. The predicted octanol–water partition coefficient (Wildman–Crippen LogP) is 2.95. The van der Waals surface area contributed by atoms with E-state index in [1.807, 2.05) is 36.4 Å². The van der Waals surface area contributed by atoms with Crippen LogP contribution in [0, 0.1) is 5.92 Å². The smallest absolute Gasteiger partial charge is 0.287 e. The van der Waals surface area contributed by atoms with Crippen LogP contribution in [0.2, 0.25) is 0 Å². The molecule has 1 aliphatic heterocycles. The molecule has 0 bridgehead atoms. The summed E-state index contributed by atoms with van der Waals surface area (Å²) in [7, 11) is 2.16. The fourth-order valence-electron chi connectivity index (χ4n) is 3.55. The van der Waals surface area contributed by atoms with Crippen molar-refractivity contribution in [3.8, 4) is 11.1 Å². The predicted molar refractivity (Wildman–Crippen MR) is 104 cm³/mol. The Kier molecular flexibility index (Phi) is 6.12. The fourth-order valence-corrected chi connectivity index (χ4v) is 3.55. The molecule has 1 aromatic carbocycles. The van der Waals surface area contributed by atoms with Crippen LogP contribution in [0.1, 0.15) is 24.4 Å². The summed E-state index contributed by atoms with van der Waals surface area (Å²) in [6.45, 7) is 9.32. The number of nitrogens with one attached hydrogen (secondary N) is 1. The van der Waals surface area contributed by atoms with E-state index in [-0.39, 0.29) is 5.91 Å². The summed E-state index contributed by atoms with van der Waals surface area (Å²) in [6.07, 6.45) is 1.58. The third-order valence-corrected chi connectivity index (χ3v) is 5.20. The molecule has 1 aliphatic rings. The summed E-state index contributed by atoms with van der Waals surface area (Å²) in [5.74, 6) is 0.717. The number of benzene rings is 1. The third kappa shape index (κ3) is 4.34. The van der Waals surface area contributed by atoms with E-state index in [1.54, 1.807) is 6.26 Å². The number of nitrogens with zero attached hydrogens (tertiary/aromatic N) is 2. The van der Waals surface area contributed by atoms with Crippen molar-refractivity contribution in [2.45, 2.75) is 19.9 Å². The van der Waals surface area contributed by atoms with Crippen molar-refractivity contribution in [2.24, 2.45) is 5.92 Å². The van der Waals surface area contributed by atoms with Gasteiger partial charge in [0.15, 0.2) is 5.76 Å². The molecule has 26 heavy (non-hydrogen) atoms. The first-order valence-corrected chi connectivity index (χ1v) is 9.40. The number of likely N-dealkylation sites (N-methyl/N-ethyl adjacent to an activating group) is 1. The van der Waals surface area contributed by atoms with Gasteiger partial charge < -0.3 is 14.6 Å². The second-order valence-electron chi connectivity index (χ2n) is 7.39. The molecular formula is C21H29N3O2. The second-order valence-corrected chi connectivity index (χ2v) is 7.39. The quantitative estimate of drug-likeness (QED) is 0.865. The molecule has 0 aliphatic carbocycles. The molecule has 1 fully saturated rings. The number of hydrogen-bond donors (Lipinski definition) is 1. The van der Waals surface area contributed by atoms with Crippen LogP contribution in [-0.4, -0.2) is 61.5 Å². The Morgan fingerprint density at radius 3 is 2.46 bits per heavy atom. The van der Waals surface area contributed by atoms with Crippen LogP contribution in [0.5, 0.6) is 0 Å². The molecule has 1 atom stereocenters. The highest BCUT2D eigenvalue weighted by molar-refractivity contribution is 5.98. The molecule has 1 amide bonds. The summed E-state index contributed by atoms with van der Waals surface area (Å²) in [4.78, 5) is 17.6. The van der Waals surface area contributed by atoms with Gasteiger partial charge in [-0.1, -0.05) is 44.2 Å². The molecule has 5 nitrogen and oxygen atoms in total. The Balaban J connectivity index is 1.65. The van der Waals surface area contributed by atoms with E-state index in [0.29, 0.717) is 24.3 Å². The molecule has 1 unspecified atom stereocenters. The highest BCUT2D eigenvalue weighted by atomic mass is 16.3. The van der Waals surface area contributed by atoms with Gasteiger partial charge in [0, 0.05) is 44.3 Å². The summed E-state index contributed by atoms with van der Waals surface area (Å²) < 4.78 is 5.50. The van der Waals surface area contributed by atoms with Crippen LogP contribution in [0.25, 0.3) is 11.1 Å². The van der Waals surface area contributed by atoms with E-state index in [4.69, 9.17) is 4.42 Å². The monoisotopic (exact) mass is 355 g/mol. The minimum absolute atomic E-state index is 0.145. The molecule has 1 saturated heterocycles. The van der Waals surface area contributed by atoms with E-state index < -0.39 is 0 Å². The molecule has 2 aromatic rings. The molecule has 2 heterocycles. The van der Waals surface area contributed by atoms with Crippen LogP contribution in [0.15, 0.2) is 47.1 Å². The largest absolute Gasteiger partial charge is 0.459 e. The first-order valence-electron chi connectivity index (χ1n) is 9.40. The standard InChI is InChI=1S/C21H29N3O2/c1-16(2)19(24-12-10-23(3)11-13-24)15-22-21(25)20-18(9-14-26-20)17-7-5-4-6-8-17/h4-9,14,16,19H,10-13,15H2,1-3H3,(H,22,25). The zero-order chi connectivity index (χ0) is 18.5. The molecule has 0 radical (unpaired) electrons. The molecular weight excluding hydrogens is 326 g/mol. The Morgan fingerprint density at radius 1 is 1.12 bits per heavy atom. The highest BCUT2D eigenvalue weighted by Gasteiger charge is 2.26. The van der Waals surface area contributed by atoms with Gasteiger partial charge in [-0.05, 0) is 24.6 Å². The zero-order valence-corrected chi connectivity index (χ0v) is 15.9. The first-order chi connectivity index (χ1) is 12.6. The third-order valence-electron chi connectivity index (χ3n) is 5.20. The van der Waals surface area contributed by atoms with Crippen molar-refractivity contribution >= 4 is 5.91 Å². The fraction of sp³-hybridized carbons (Fsp3) is 0.476. The topological polar surface area (TPSA) is 48.7 Å². The summed E-state index contributed by atoms with van der Waals surface area (Å²) >= 11 is 0. The van der Waals surface area contributed by atoms with Crippen LogP contribution in [0.3, 0.4) is 0 Å². The van der Waals surface area contributed by atoms with Gasteiger partial charge in [-0.25, -0.2) is 0 Å². The Morgan fingerprint density at radius 2 is 1.81 bits per heavy atom. The lowest BCUT2D eigenvalue weighted by Crippen LogP contribution is -2.54. The number of amides is 1. The maximum Gasteiger partial charge on any atom is 0.287 e. The van der Waals surface area contributed by atoms with E-state index >= 15 is 0 Å². The average molecular weight is 355 g/mol. The van der Waals surface area contributed by atoms with Gasteiger partial charge in [-0.3, -0.25) is 9.69 Å². The van der Waals surface area contributed by atoms with E-state index in [2.05, 4.69) is 36.0 Å². The van der Waals surface area contributed by atoms with Gasteiger partial charge in [0.2, 0.25) is 0 Å². The SMILES string of the molecule is CC(C)C(CNC(=O)c1occc1-c1ccccc1)N1CCN(C)CC1. The number of piperazine rings is 1. The number of hydrogen-bond acceptors (Lipinski definition) is 4. The van der Waals surface area contributed by atoms with Gasteiger partial charge in [0.1, 0.15) is 0 Å². The average Bonchev–Trinajstić information content (AvgIpc) is 3.13. The number of rotatable bonds is 6. The zero-order valence-electron chi connectivity index (χ0n) is 15.9. The summed E-state index contributed by atoms with van der Waals surface area (Å²) in [5, 5.41) is 3.10. The van der Waals surface area contributed by atoms with Crippen molar-refractivity contribution in [3.05, 3.63) is 48.4 Å². The minimum atomic E-state index is -0.145. The van der Waals surface area contributed by atoms with Crippen LogP contribution >= 0.6 is 0 Å².